The highest BCUT2D eigenvalue weighted by Gasteiger charge is 2.11. The molecule has 0 saturated heterocycles. The Morgan fingerprint density at radius 1 is 1.24 bits per heavy atom. The van der Waals surface area contributed by atoms with Crippen LogP contribution in [0.1, 0.15) is 31.5 Å². The van der Waals surface area contributed by atoms with Gasteiger partial charge in [0.05, 0.1) is 29.6 Å². The molecule has 0 atom stereocenters. The van der Waals surface area contributed by atoms with Gasteiger partial charge in [0.1, 0.15) is 5.01 Å². The minimum atomic E-state index is 0.117. The van der Waals surface area contributed by atoms with E-state index >= 15 is 0 Å². The smallest absolute Gasteiger partial charge is 0.107 e. The normalized spacial score (nSPS) is 12.1. The maximum Gasteiger partial charge on any atom is 0.107 e. The third kappa shape index (κ3) is 3.49. The Morgan fingerprint density at radius 3 is 2.86 bits per heavy atom. The Balaban J connectivity index is 1.72. The van der Waals surface area contributed by atoms with Crippen molar-refractivity contribution in [3.05, 3.63) is 46.7 Å². The number of benzene rings is 1. The topological polar surface area (TPSA) is 42.7 Å². The van der Waals surface area contributed by atoms with Crippen LogP contribution >= 0.6 is 11.3 Å². The number of para-hydroxylation sites is 2. The first kappa shape index (κ1) is 14.2. The number of aromatic nitrogens is 3. The highest BCUT2D eigenvalue weighted by molar-refractivity contribution is 7.09. The molecular weight excluding hydrogens is 280 g/mol. The summed E-state index contributed by atoms with van der Waals surface area (Å²) >= 11 is 1.71. The number of fused-ring (bicyclic) bond motifs is 1. The van der Waals surface area contributed by atoms with E-state index in [0.717, 1.165) is 34.8 Å². The van der Waals surface area contributed by atoms with Crippen LogP contribution in [0.15, 0.2) is 36.0 Å². The summed E-state index contributed by atoms with van der Waals surface area (Å²) < 4.78 is 2.14. The van der Waals surface area contributed by atoms with Gasteiger partial charge < -0.3 is 9.88 Å². The van der Waals surface area contributed by atoms with Gasteiger partial charge in [0, 0.05) is 17.5 Å². The second-order valence-corrected chi connectivity index (χ2v) is 7.14. The van der Waals surface area contributed by atoms with Crippen molar-refractivity contribution in [2.24, 2.45) is 0 Å². The molecule has 0 aliphatic carbocycles. The molecule has 0 aliphatic rings. The van der Waals surface area contributed by atoms with E-state index in [0.29, 0.717) is 0 Å². The summed E-state index contributed by atoms with van der Waals surface area (Å²) in [4.78, 5) is 9.12. The predicted molar refractivity (Wildman–Crippen MR) is 87.5 cm³/mol. The van der Waals surface area contributed by atoms with Gasteiger partial charge >= 0.3 is 0 Å². The number of nitrogens with one attached hydrogen (secondary N) is 1. The van der Waals surface area contributed by atoms with Gasteiger partial charge in [0.2, 0.25) is 0 Å². The van der Waals surface area contributed by atoms with Gasteiger partial charge in [-0.1, -0.05) is 12.1 Å². The first-order valence-electron chi connectivity index (χ1n) is 7.09. The number of hydrogen-bond acceptors (Lipinski definition) is 4. The van der Waals surface area contributed by atoms with Gasteiger partial charge in [-0.15, -0.1) is 11.3 Å². The monoisotopic (exact) mass is 300 g/mol. The van der Waals surface area contributed by atoms with Gasteiger partial charge in [-0.3, -0.25) is 0 Å². The van der Waals surface area contributed by atoms with Crippen molar-refractivity contribution < 1.29 is 0 Å². The third-order valence-electron chi connectivity index (χ3n) is 3.23. The molecule has 3 aromatic rings. The van der Waals surface area contributed by atoms with Crippen LogP contribution < -0.4 is 5.32 Å². The maximum absolute atomic E-state index is 4.70. The van der Waals surface area contributed by atoms with Crippen molar-refractivity contribution in [1.29, 1.82) is 0 Å². The molecule has 0 aliphatic heterocycles. The number of thiazole rings is 1. The van der Waals surface area contributed by atoms with E-state index in [2.05, 4.69) is 47.1 Å². The minimum absolute atomic E-state index is 0.117. The molecule has 2 aromatic heterocycles. The zero-order valence-electron chi connectivity index (χ0n) is 12.6. The number of rotatable bonds is 4. The fourth-order valence-corrected chi connectivity index (χ4v) is 2.88. The molecule has 0 spiro atoms. The highest BCUT2D eigenvalue weighted by Crippen LogP contribution is 2.16. The summed E-state index contributed by atoms with van der Waals surface area (Å²) in [6.07, 6.45) is 1.89. The maximum atomic E-state index is 4.70. The molecule has 21 heavy (non-hydrogen) atoms. The number of nitrogens with zero attached hydrogens (tertiary/aromatic N) is 3. The first-order chi connectivity index (χ1) is 10.0. The Bertz CT molecular complexity index is 736. The molecule has 5 heteroatoms. The quantitative estimate of drug-likeness (QED) is 0.802. The lowest BCUT2D eigenvalue weighted by atomic mass is 10.1. The fraction of sp³-hybridized carbons (Fsp3) is 0.375. The molecular formula is C16H20N4S. The lowest BCUT2D eigenvalue weighted by Crippen LogP contribution is -2.35. The van der Waals surface area contributed by atoms with Crippen molar-refractivity contribution in [3.8, 4) is 0 Å². The minimum Gasteiger partial charge on any atom is -0.324 e. The molecule has 0 unspecified atom stereocenters. The summed E-state index contributed by atoms with van der Waals surface area (Å²) in [5.41, 5.74) is 3.39. The molecule has 0 bridgehead atoms. The zero-order chi connectivity index (χ0) is 14.9. The van der Waals surface area contributed by atoms with E-state index in [1.807, 2.05) is 24.5 Å². The lowest BCUT2D eigenvalue weighted by molar-refractivity contribution is 0.423. The van der Waals surface area contributed by atoms with E-state index in [1.165, 1.54) is 0 Å². The van der Waals surface area contributed by atoms with Gasteiger partial charge in [-0.2, -0.15) is 0 Å². The summed E-state index contributed by atoms with van der Waals surface area (Å²) in [5.74, 6) is 0. The van der Waals surface area contributed by atoms with Crippen LogP contribution in [0.25, 0.3) is 11.0 Å². The molecule has 4 nitrogen and oxygen atoms in total. The van der Waals surface area contributed by atoms with Crippen molar-refractivity contribution in [1.82, 2.24) is 19.9 Å². The first-order valence-corrected chi connectivity index (χ1v) is 7.97. The van der Waals surface area contributed by atoms with E-state index < -0.39 is 0 Å². The summed E-state index contributed by atoms with van der Waals surface area (Å²) in [6.45, 7) is 8.09. The van der Waals surface area contributed by atoms with Crippen LogP contribution in [-0.2, 0) is 13.1 Å². The van der Waals surface area contributed by atoms with Gasteiger partial charge in [-0.25, -0.2) is 9.97 Å². The molecule has 2 heterocycles. The summed E-state index contributed by atoms with van der Waals surface area (Å²) in [7, 11) is 0. The Kier molecular flexibility index (Phi) is 3.78. The van der Waals surface area contributed by atoms with E-state index in [4.69, 9.17) is 4.98 Å². The van der Waals surface area contributed by atoms with Crippen molar-refractivity contribution >= 4 is 22.4 Å². The second-order valence-electron chi connectivity index (χ2n) is 6.20. The van der Waals surface area contributed by atoms with Crippen LogP contribution in [0.3, 0.4) is 0 Å². The Labute approximate surface area is 128 Å². The fourth-order valence-electron chi connectivity index (χ4n) is 2.15. The van der Waals surface area contributed by atoms with Gasteiger partial charge in [0.25, 0.3) is 0 Å². The summed E-state index contributed by atoms with van der Waals surface area (Å²) in [6, 6.07) is 8.18. The van der Waals surface area contributed by atoms with Crippen LogP contribution in [0.2, 0.25) is 0 Å². The predicted octanol–water partition coefficient (Wildman–Crippen LogP) is 3.43. The van der Waals surface area contributed by atoms with Gasteiger partial charge in [0.15, 0.2) is 0 Å². The SMILES string of the molecule is CC(C)(C)NCc1nc(Cn2cnc3ccccc32)cs1. The second kappa shape index (κ2) is 5.58. The van der Waals surface area contributed by atoms with E-state index in [-0.39, 0.29) is 5.54 Å². The van der Waals surface area contributed by atoms with E-state index in [1.54, 1.807) is 11.3 Å². The molecule has 1 aromatic carbocycles. The van der Waals surface area contributed by atoms with Crippen molar-refractivity contribution in [2.45, 2.75) is 39.4 Å². The lowest BCUT2D eigenvalue weighted by Gasteiger charge is -2.19. The van der Waals surface area contributed by atoms with Crippen molar-refractivity contribution in [2.75, 3.05) is 0 Å². The molecule has 110 valence electrons. The average Bonchev–Trinajstić information content (AvgIpc) is 3.04. The summed E-state index contributed by atoms with van der Waals surface area (Å²) in [5, 5.41) is 6.73. The molecule has 0 fully saturated rings. The van der Waals surface area contributed by atoms with E-state index in [9.17, 15) is 0 Å². The molecule has 0 saturated carbocycles. The molecule has 0 amide bonds. The molecule has 3 rings (SSSR count). The standard InChI is InChI=1S/C16H20N4S/c1-16(2,3)18-8-15-19-12(10-21-15)9-20-11-17-13-6-4-5-7-14(13)20/h4-7,10-11,18H,8-9H2,1-3H3. The Morgan fingerprint density at radius 2 is 2.05 bits per heavy atom. The largest absolute Gasteiger partial charge is 0.324 e. The van der Waals surface area contributed by atoms with Crippen LogP contribution in [0.4, 0.5) is 0 Å². The van der Waals surface area contributed by atoms with Crippen LogP contribution in [0, 0.1) is 0 Å². The molecule has 1 N–H and O–H groups in total. The average molecular weight is 300 g/mol. The van der Waals surface area contributed by atoms with Crippen LogP contribution in [-0.4, -0.2) is 20.1 Å². The number of hydrogen-bond donors (Lipinski definition) is 1. The Hall–Kier alpha value is -1.72. The number of imidazole rings is 1. The van der Waals surface area contributed by atoms with Gasteiger partial charge in [-0.05, 0) is 32.9 Å². The van der Waals surface area contributed by atoms with Crippen LogP contribution in [0.5, 0.6) is 0 Å². The highest BCUT2D eigenvalue weighted by atomic mass is 32.1. The zero-order valence-corrected chi connectivity index (χ0v) is 13.4. The van der Waals surface area contributed by atoms with Crippen molar-refractivity contribution in [3.63, 3.8) is 0 Å². The third-order valence-corrected chi connectivity index (χ3v) is 4.13. The molecule has 0 radical (unpaired) electrons.